The number of hydrogen-bond acceptors (Lipinski definition) is 4. The number of ketones is 2. The summed E-state index contributed by atoms with van der Waals surface area (Å²) in [5.74, 6) is -1.62. The van der Waals surface area contributed by atoms with E-state index < -0.39 is 12.6 Å². The van der Waals surface area contributed by atoms with Crippen molar-refractivity contribution in [3.8, 4) is 0 Å². The number of rotatable bonds is 9. The van der Waals surface area contributed by atoms with Gasteiger partial charge in [0.05, 0.1) is 5.56 Å². The van der Waals surface area contributed by atoms with Crippen molar-refractivity contribution in [2.75, 3.05) is 6.61 Å². The second-order valence-electron chi connectivity index (χ2n) is 8.55. The lowest BCUT2D eigenvalue weighted by Crippen LogP contribution is -2.17. The second kappa shape index (κ2) is 11.0. The molecular formula is C30H26FNO4. The van der Waals surface area contributed by atoms with E-state index in [2.05, 4.69) is 0 Å². The van der Waals surface area contributed by atoms with Gasteiger partial charge in [-0.05, 0) is 50.1 Å². The number of halogens is 1. The molecule has 0 radical (unpaired) electrons. The summed E-state index contributed by atoms with van der Waals surface area (Å²) in [4.78, 5) is 38.6. The monoisotopic (exact) mass is 483 g/mol. The number of Topliss-reactive ketones (excluding diaryl/α,β-unsaturated/α-hetero) is 1. The number of aryl methyl sites for hydroxylation is 2. The van der Waals surface area contributed by atoms with E-state index in [-0.39, 0.29) is 28.5 Å². The Hall–Kier alpha value is -4.32. The standard InChI is InChI=1S/C30H26FNO4/c1-20-18-27(21(2)32(20)17-16-22-12-14-24(31)15-13-22)28(33)19-36-30(35)26-11-7-6-10-25(26)29(34)23-8-4-3-5-9-23/h3-15,18H,16-17,19H2,1-2H3. The highest BCUT2D eigenvalue weighted by atomic mass is 19.1. The zero-order valence-corrected chi connectivity index (χ0v) is 20.2. The predicted molar refractivity (Wildman–Crippen MR) is 135 cm³/mol. The predicted octanol–water partition coefficient (Wildman–Crippen LogP) is 5.76. The normalized spacial score (nSPS) is 10.8. The molecule has 4 aromatic rings. The van der Waals surface area contributed by atoms with Gasteiger partial charge in [-0.2, -0.15) is 0 Å². The van der Waals surface area contributed by atoms with E-state index in [1.165, 1.54) is 18.2 Å². The van der Waals surface area contributed by atoms with Crippen molar-refractivity contribution in [2.24, 2.45) is 0 Å². The lowest BCUT2D eigenvalue weighted by molar-refractivity contribution is 0.0472. The highest BCUT2D eigenvalue weighted by Crippen LogP contribution is 2.19. The number of nitrogens with zero attached hydrogens (tertiary/aromatic N) is 1. The van der Waals surface area contributed by atoms with Crippen LogP contribution in [0, 0.1) is 19.7 Å². The molecule has 1 aromatic heterocycles. The van der Waals surface area contributed by atoms with Crippen LogP contribution in [0.4, 0.5) is 4.39 Å². The lowest BCUT2D eigenvalue weighted by Gasteiger charge is -2.11. The van der Waals surface area contributed by atoms with Gasteiger partial charge < -0.3 is 9.30 Å². The van der Waals surface area contributed by atoms with E-state index in [9.17, 15) is 18.8 Å². The maximum atomic E-state index is 13.2. The third-order valence-electron chi connectivity index (χ3n) is 6.17. The summed E-state index contributed by atoms with van der Waals surface area (Å²) in [6, 6.07) is 23.2. The molecule has 0 bridgehead atoms. The van der Waals surface area contributed by atoms with Crippen LogP contribution in [0.15, 0.2) is 84.9 Å². The maximum Gasteiger partial charge on any atom is 0.339 e. The van der Waals surface area contributed by atoms with Crippen LogP contribution in [-0.4, -0.2) is 28.7 Å². The quantitative estimate of drug-likeness (QED) is 0.224. The average Bonchev–Trinajstić information content (AvgIpc) is 3.19. The summed E-state index contributed by atoms with van der Waals surface area (Å²) in [5, 5.41) is 0. The molecule has 0 saturated carbocycles. The fourth-order valence-corrected chi connectivity index (χ4v) is 4.21. The van der Waals surface area contributed by atoms with Gasteiger partial charge in [0.25, 0.3) is 0 Å². The Labute approximate surface area is 209 Å². The number of aromatic nitrogens is 1. The summed E-state index contributed by atoms with van der Waals surface area (Å²) in [6.45, 7) is 3.95. The zero-order chi connectivity index (χ0) is 25.7. The summed E-state index contributed by atoms with van der Waals surface area (Å²) in [7, 11) is 0. The van der Waals surface area contributed by atoms with Crippen LogP contribution in [0.1, 0.15) is 53.6 Å². The molecule has 0 aliphatic carbocycles. The molecular weight excluding hydrogens is 457 g/mol. The maximum absolute atomic E-state index is 13.2. The molecule has 0 N–H and O–H groups in total. The number of benzene rings is 3. The van der Waals surface area contributed by atoms with E-state index >= 15 is 0 Å². The topological polar surface area (TPSA) is 65.4 Å². The minimum absolute atomic E-state index is 0.115. The Morgan fingerprint density at radius 1 is 0.806 bits per heavy atom. The van der Waals surface area contributed by atoms with Crippen LogP contribution < -0.4 is 0 Å². The van der Waals surface area contributed by atoms with E-state index in [4.69, 9.17) is 4.74 Å². The van der Waals surface area contributed by atoms with Crippen molar-refractivity contribution in [1.82, 2.24) is 4.57 Å². The zero-order valence-electron chi connectivity index (χ0n) is 20.2. The molecule has 36 heavy (non-hydrogen) atoms. The molecule has 6 heteroatoms. The Balaban J connectivity index is 1.43. The summed E-state index contributed by atoms with van der Waals surface area (Å²) < 4.78 is 20.5. The molecule has 0 atom stereocenters. The smallest absolute Gasteiger partial charge is 0.339 e. The Bertz CT molecular complexity index is 1400. The highest BCUT2D eigenvalue weighted by Gasteiger charge is 2.21. The largest absolute Gasteiger partial charge is 0.454 e. The Morgan fingerprint density at radius 2 is 1.44 bits per heavy atom. The van der Waals surface area contributed by atoms with Gasteiger partial charge in [-0.3, -0.25) is 9.59 Å². The SMILES string of the molecule is Cc1cc(C(=O)COC(=O)c2ccccc2C(=O)c2ccccc2)c(C)n1CCc1ccc(F)cc1. The first kappa shape index (κ1) is 24.8. The fraction of sp³-hybridized carbons (Fsp3) is 0.167. The van der Waals surface area contributed by atoms with Crippen LogP contribution in [-0.2, 0) is 17.7 Å². The van der Waals surface area contributed by atoms with Gasteiger partial charge in [-0.25, -0.2) is 9.18 Å². The molecule has 0 spiro atoms. The molecule has 0 aliphatic rings. The number of carbonyl (C=O) groups is 3. The molecule has 3 aromatic carbocycles. The van der Waals surface area contributed by atoms with Crippen molar-refractivity contribution in [2.45, 2.75) is 26.8 Å². The van der Waals surface area contributed by atoms with E-state index in [0.717, 1.165) is 17.0 Å². The van der Waals surface area contributed by atoms with Crippen LogP contribution in [0.25, 0.3) is 0 Å². The van der Waals surface area contributed by atoms with Gasteiger partial charge in [0.15, 0.2) is 12.4 Å². The van der Waals surface area contributed by atoms with Gasteiger partial charge in [0, 0.05) is 34.6 Å². The number of hydrogen-bond donors (Lipinski definition) is 0. The fourth-order valence-electron chi connectivity index (χ4n) is 4.21. The first-order valence-corrected chi connectivity index (χ1v) is 11.7. The van der Waals surface area contributed by atoms with Crippen molar-refractivity contribution in [1.29, 1.82) is 0 Å². The van der Waals surface area contributed by atoms with Crippen molar-refractivity contribution in [3.05, 3.63) is 130 Å². The van der Waals surface area contributed by atoms with Gasteiger partial charge in [0.1, 0.15) is 5.82 Å². The molecule has 0 unspecified atom stereocenters. The number of ether oxygens (including phenoxy) is 1. The van der Waals surface area contributed by atoms with Crippen LogP contribution in [0.3, 0.4) is 0 Å². The summed E-state index contributed by atoms with van der Waals surface area (Å²) in [5.41, 5.74) is 3.95. The minimum Gasteiger partial charge on any atom is -0.454 e. The number of carbonyl (C=O) groups excluding carboxylic acids is 3. The average molecular weight is 484 g/mol. The van der Waals surface area contributed by atoms with Gasteiger partial charge >= 0.3 is 5.97 Å². The third kappa shape index (κ3) is 5.49. The molecule has 0 amide bonds. The molecule has 1 heterocycles. The molecule has 4 rings (SSSR count). The van der Waals surface area contributed by atoms with E-state index in [1.54, 1.807) is 60.7 Å². The van der Waals surface area contributed by atoms with Crippen molar-refractivity contribution in [3.63, 3.8) is 0 Å². The summed E-state index contributed by atoms with van der Waals surface area (Å²) >= 11 is 0. The van der Waals surface area contributed by atoms with Crippen molar-refractivity contribution < 1.29 is 23.5 Å². The molecule has 0 fully saturated rings. The Kier molecular flexibility index (Phi) is 7.54. The van der Waals surface area contributed by atoms with Crippen LogP contribution in [0.5, 0.6) is 0 Å². The number of esters is 1. The second-order valence-corrected chi connectivity index (χ2v) is 8.55. The molecule has 182 valence electrons. The third-order valence-corrected chi connectivity index (χ3v) is 6.17. The van der Waals surface area contributed by atoms with E-state index in [0.29, 0.717) is 24.1 Å². The first-order valence-electron chi connectivity index (χ1n) is 11.7. The lowest BCUT2D eigenvalue weighted by atomic mass is 9.98. The van der Waals surface area contributed by atoms with Crippen LogP contribution in [0.2, 0.25) is 0 Å². The molecule has 5 nitrogen and oxygen atoms in total. The first-order chi connectivity index (χ1) is 17.3. The Morgan fingerprint density at radius 3 is 2.14 bits per heavy atom. The summed E-state index contributed by atoms with van der Waals surface area (Å²) in [6.07, 6.45) is 0.686. The van der Waals surface area contributed by atoms with Gasteiger partial charge in [0.2, 0.25) is 5.78 Å². The molecule has 0 saturated heterocycles. The van der Waals surface area contributed by atoms with Crippen LogP contribution >= 0.6 is 0 Å². The minimum atomic E-state index is -0.728. The van der Waals surface area contributed by atoms with Gasteiger partial charge in [-0.1, -0.05) is 60.7 Å². The highest BCUT2D eigenvalue weighted by molar-refractivity contribution is 6.14. The molecule has 0 aliphatic heterocycles. The van der Waals surface area contributed by atoms with Gasteiger partial charge in [-0.15, -0.1) is 0 Å². The van der Waals surface area contributed by atoms with E-state index in [1.807, 2.05) is 24.5 Å². The van der Waals surface area contributed by atoms with Crippen molar-refractivity contribution >= 4 is 17.5 Å².